The minimum atomic E-state index is -1.71. The van der Waals surface area contributed by atoms with E-state index in [1.54, 1.807) is 4.90 Å². The summed E-state index contributed by atoms with van der Waals surface area (Å²) in [7, 11) is -1.71. The Kier molecular flexibility index (Phi) is 7.03. The second kappa shape index (κ2) is 9.24. The molecule has 1 aromatic carbocycles. The minimum absolute atomic E-state index is 0.193. The number of carbonyl (C=O) groups excluding carboxylic acids is 2. The van der Waals surface area contributed by atoms with E-state index in [1.807, 2.05) is 30.3 Å². The number of carbonyl (C=O) groups is 2. The zero-order chi connectivity index (χ0) is 18.2. The largest absolute Gasteiger partial charge is 0.475 e. The number of hydrogen-bond acceptors (Lipinski definition) is 5. The van der Waals surface area contributed by atoms with E-state index in [9.17, 15) is 19.6 Å². The van der Waals surface area contributed by atoms with Crippen molar-refractivity contribution in [2.75, 3.05) is 13.1 Å². The zero-order valence-corrected chi connectivity index (χ0v) is 14.0. The van der Waals surface area contributed by atoms with Gasteiger partial charge in [-0.15, -0.1) is 0 Å². The number of benzene rings is 1. The number of likely N-dealkylation sites (tertiary alicyclic amines) is 1. The van der Waals surface area contributed by atoms with Crippen molar-refractivity contribution in [3.05, 3.63) is 48.6 Å². The molecule has 25 heavy (non-hydrogen) atoms. The molecule has 0 radical (unpaired) electrons. The maximum Gasteiger partial charge on any atom is 0.475 e. The Morgan fingerprint density at radius 2 is 2.12 bits per heavy atom. The second-order valence-electron chi connectivity index (χ2n) is 6.01. The molecule has 3 N–H and O–H groups in total. The average molecular weight is 346 g/mol. The van der Waals surface area contributed by atoms with Crippen molar-refractivity contribution in [3.63, 3.8) is 0 Å². The SMILES string of the molecule is C=CC(=O)N1CCC[C@H](OC(=O)N[C@@H](Cc2ccccc2)B(O)O)C1. The molecule has 1 aromatic rings. The van der Waals surface area contributed by atoms with Crippen LogP contribution in [0.4, 0.5) is 4.79 Å². The van der Waals surface area contributed by atoms with E-state index < -0.39 is 25.3 Å². The van der Waals surface area contributed by atoms with Crippen molar-refractivity contribution < 1.29 is 24.4 Å². The molecule has 8 heteroatoms. The zero-order valence-electron chi connectivity index (χ0n) is 14.0. The van der Waals surface area contributed by atoms with Gasteiger partial charge < -0.3 is 25.0 Å². The van der Waals surface area contributed by atoms with Crippen molar-refractivity contribution >= 4 is 19.1 Å². The van der Waals surface area contributed by atoms with Gasteiger partial charge in [-0.3, -0.25) is 4.79 Å². The summed E-state index contributed by atoms with van der Waals surface area (Å²) in [6, 6.07) is 9.20. The number of alkyl carbamates (subject to hydrolysis) is 1. The van der Waals surface area contributed by atoms with Gasteiger partial charge in [0.05, 0.1) is 12.5 Å². The van der Waals surface area contributed by atoms with Crippen molar-refractivity contribution in [3.8, 4) is 0 Å². The van der Waals surface area contributed by atoms with Gasteiger partial charge in [0.25, 0.3) is 0 Å². The highest BCUT2D eigenvalue weighted by atomic mass is 16.6. The summed E-state index contributed by atoms with van der Waals surface area (Å²) >= 11 is 0. The maximum atomic E-state index is 12.1. The Labute approximate surface area is 147 Å². The van der Waals surface area contributed by atoms with E-state index >= 15 is 0 Å². The second-order valence-corrected chi connectivity index (χ2v) is 6.01. The Hall–Kier alpha value is -2.32. The molecule has 0 saturated carbocycles. The molecule has 1 fully saturated rings. The molecule has 7 nitrogen and oxygen atoms in total. The molecule has 0 aromatic heterocycles. The Balaban J connectivity index is 1.88. The fourth-order valence-corrected chi connectivity index (χ4v) is 2.80. The smallest absolute Gasteiger partial charge is 0.444 e. The van der Waals surface area contributed by atoms with Crippen LogP contribution in [-0.2, 0) is 16.0 Å². The van der Waals surface area contributed by atoms with Crippen molar-refractivity contribution in [2.45, 2.75) is 31.3 Å². The molecule has 0 spiro atoms. The molecule has 134 valence electrons. The van der Waals surface area contributed by atoms with Gasteiger partial charge in [-0.2, -0.15) is 0 Å². The number of nitrogens with one attached hydrogen (secondary N) is 1. The molecular formula is C17H23BN2O5. The van der Waals surface area contributed by atoms with E-state index in [4.69, 9.17) is 4.74 Å². The lowest BCUT2D eigenvalue weighted by Crippen LogP contribution is -2.50. The van der Waals surface area contributed by atoms with Gasteiger partial charge in [-0.05, 0) is 30.9 Å². The van der Waals surface area contributed by atoms with Crippen LogP contribution in [-0.4, -0.2) is 59.2 Å². The average Bonchev–Trinajstić information content (AvgIpc) is 2.61. The lowest BCUT2D eigenvalue weighted by Gasteiger charge is -2.32. The topological polar surface area (TPSA) is 99.1 Å². The van der Waals surface area contributed by atoms with Gasteiger partial charge in [0, 0.05) is 6.54 Å². The number of amides is 2. The van der Waals surface area contributed by atoms with E-state index in [0.29, 0.717) is 19.5 Å². The molecule has 1 heterocycles. The molecule has 1 aliphatic rings. The van der Waals surface area contributed by atoms with Crippen molar-refractivity contribution in [1.82, 2.24) is 10.2 Å². The van der Waals surface area contributed by atoms with Crippen molar-refractivity contribution in [1.29, 1.82) is 0 Å². The van der Waals surface area contributed by atoms with Crippen LogP contribution in [0, 0.1) is 0 Å². The van der Waals surface area contributed by atoms with Crippen LogP contribution in [0.2, 0.25) is 0 Å². The van der Waals surface area contributed by atoms with Gasteiger partial charge in [0.2, 0.25) is 5.91 Å². The molecule has 2 amide bonds. The van der Waals surface area contributed by atoms with Crippen molar-refractivity contribution in [2.24, 2.45) is 0 Å². The summed E-state index contributed by atoms with van der Waals surface area (Å²) in [5.41, 5.74) is 0.862. The van der Waals surface area contributed by atoms with Crippen LogP contribution in [0.5, 0.6) is 0 Å². The van der Waals surface area contributed by atoms with E-state index in [1.165, 1.54) is 6.08 Å². The summed E-state index contributed by atoms with van der Waals surface area (Å²) in [5.74, 6) is -1.08. The predicted octanol–water partition coefficient (Wildman–Crippen LogP) is 0.513. The summed E-state index contributed by atoms with van der Waals surface area (Å²) < 4.78 is 5.33. The number of hydrogen-bond donors (Lipinski definition) is 3. The van der Waals surface area contributed by atoms with Crippen LogP contribution in [0.15, 0.2) is 43.0 Å². The number of rotatable bonds is 6. The third-order valence-electron chi connectivity index (χ3n) is 4.10. The van der Waals surface area contributed by atoms with Gasteiger partial charge in [-0.1, -0.05) is 36.9 Å². The van der Waals surface area contributed by atoms with Gasteiger partial charge in [-0.25, -0.2) is 4.79 Å². The number of piperidine rings is 1. The first-order valence-electron chi connectivity index (χ1n) is 8.28. The van der Waals surface area contributed by atoms with E-state index in [0.717, 1.165) is 12.0 Å². The summed E-state index contributed by atoms with van der Waals surface area (Å²) in [6.07, 6.45) is 1.73. The third kappa shape index (κ3) is 5.92. The summed E-state index contributed by atoms with van der Waals surface area (Å²) in [5, 5.41) is 21.5. The third-order valence-corrected chi connectivity index (χ3v) is 4.10. The predicted molar refractivity (Wildman–Crippen MR) is 93.5 cm³/mol. The number of nitrogens with zero attached hydrogens (tertiary/aromatic N) is 1. The summed E-state index contributed by atoms with van der Waals surface area (Å²) in [4.78, 5) is 25.3. The van der Waals surface area contributed by atoms with Crippen LogP contribution in [0.1, 0.15) is 18.4 Å². The first-order valence-corrected chi connectivity index (χ1v) is 8.28. The molecule has 1 aliphatic heterocycles. The molecule has 2 rings (SSSR count). The molecule has 1 saturated heterocycles. The van der Waals surface area contributed by atoms with Gasteiger partial charge >= 0.3 is 13.2 Å². The van der Waals surface area contributed by atoms with Crippen LogP contribution < -0.4 is 5.32 Å². The molecular weight excluding hydrogens is 323 g/mol. The fourth-order valence-electron chi connectivity index (χ4n) is 2.80. The summed E-state index contributed by atoms with van der Waals surface area (Å²) in [6.45, 7) is 4.37. The Bertz CT molecular complexity index is 596. The molecule has 0 bridgehead atoms. The normalized spacial score (nSPS) is 18.2. The van der Waals surface area contributed by atoms with Crippen LogP contribution >= 0.6 is 0 Å². The highest BCUT2D eigenvalue weighted by Crippen LogP contribution is 2.14. The lowest BCUT2D eigenvalue weighted by atomic mass is 9.76. The number of ether oxygens (including phenoxy) is 1. The van der Waals surface area contributed by atoms with Crippen LogP contribution in [0.3, 0.4) is 0 Å². The van der Waals surface area contributed by atoms with E-state index in [-0.39, 0.29) is 12.3 Å². The highest BCUT2D eigenvalue weighted by Gasteiger charge is 2.29. The molecule has 0 unspecified atom stereocenters. The Morgan fingerprint density at radius 3 is 2.76 bits per heavy atom. The monoisotopic (exact) mass is 346 g/mol. The minimum Gasteiger partial charge on any atom is -0.444 e. The van der Waals surface area contributed by atoms with Gasteiger partial charge in [0.1, 0.15) is 6.10 Å². The van der Waals surface area contributed by atoms with Crippen LogP contribution in [0.25, 0.3) is 0 Å². The quantitative estimate of drug-likeness (QED) is 0.515. The first-order chi connectivity index (χ1) is 12.0. The van der Waals surface area contributed by atoms with E-state index in [2.05, 4.69) is 11.9 Å². The lowest BCUT2D eigenvalue weighted by molar-refractivity contribution is -0.129. The fraction of sp³-hybridized carbons (Fsp3) is 0.412. The molecule has 0 aliphatic carbocycles. The maximum absolute atomic E-state index is 12.1. The van der Waals surface area contributed by atoms with Gasteiger partial charge in [0.15, 0.2) is 0 Å². The molecule has 2 atom stereocenters. The first kappa shape index (κ1) is 19.0. The standard InChI is InChI=1S/C17H23BN2O5/c1-2-16(21)20-10-6-9-14(12-20)25-17(22)19-15(18(23)24)11-13-7-4-3-5-8-13/h2-5,7-8,14-15,23-24H,1,6,9-12H2,(H,19,22)/t14-,15-/m0/s1. The highest BCUT2D eigenvalue weighted by molar-refractivity contribution is 6.43. The Morgan fingerprint density at radius 1 is 1.40 bits per heavy atom.